The molecular weight excluding hydrogens is 228 g/mol. The zero-order valence-electron chi connectivity index (χ0n) is 10.2. The van der Waals surface area contributed by atoms with Gasteiger partial charge in [-0.15, -0.1) is 0 Å². The SMILES string of the molecule is CN(Cc1ccco1)[C@@H](C(N)=O)c1ccccc1. The van der Waals surface area contributed by atoms with Crippen molar-refractivity contribution in [3.05, 3.63) is 60.1 Å². The molecule has 1 heterocycles. The number of amides is 1. The maximum Gasteiger partial charge on any atom is 0.239 e. The van der Waals surface area contributed by atoms with Gasteiger partial charge in [0.25, 0.3) is 0 Å². The minimum Gasteiger partial charge on any atom is -0.468 e. The third kappa shape index (κ3) is 2.78. The van der Waals surface area contributed by atoms with Crippen molar-refractivity contribution in [2.75, 3.05) is 7.05 Å². The molecule has 0 unspecified atom stereocenters. The average Bonchev–Trinajstić information content (AvgIpc) is 2.83. The van der Waals surface area contributed by atoms with Gasteiger partial charge in [-0.3, -0.25) is 9.69 Å². The second kappa shape index (κ2) is 5.51. The van der Waals surface area contributed by atoms with Crippen LogP contribution in [-0.4, -0.2) is 17.9 Å². The minimum absolute atomic E-state index is 0.366. The second-order valence-corrected chi connectivity index (χ2v) is 4.21. The predicted molar refractivity (Wildman–Crippen MR) is 68.6 cm³/mol. The molecule has 94 valence electrons. The maximum absolute atomic E-state index is 11.6. The highest BCUT2D eigenvalue weighted by molar-refractivity contribution is 5.81. The fraction of sp³-hybridized carbons (Fsp3) is 0.214. The highest BCUT2D eigenvalue weighted by Gasteiger charge is 2.23. The first-order valence-corrected chi connectivity index (χ1v) is 5.75. The van der Waals surface area contributed by atoms with E-state index in [1.54, 1.807) is 6.26 Å². The van der Waals surface area contributed by atoms with Crippen LogP contribution < -0.4 is 5.73 Å². The summed E-state index contributed by atoms with van der Waals surface area (Å²) in [6, 6.07) is 12.7. The van der Waals surface area contributed by atoms with Gasteiger partial charge in [0.15, 0.2) is 0 Å². The Morgan fingerprint density at radius 1 is 1.28 bits per heavy atom. The topological polar surface area (TPSA) is 59.5 Å². The van der Waals surface area contributed by atoms with Crippen LogP contribution >= 0.6 is 0 Å². The van der Waals surface area contributed by atoms with Crippen molar-refractivity contribution in [3.8, 4) is 0 Å². The summed E-state index contributed by atoms with van der Waals surface area (Å²) < 4.78 is 5.28. The number of hydrogen-bond acceptors (Lipinski definition) is 3. The Morgan fingerprint density at radius 3 is 2.56 bits per heavy atom. The van der Waals surface area contributed by atoms with Gasteiger partial charge in [0.05, 0.1) is 12.8 Å². The van der Waals surface area contributed by atoms with Crippen molar-refractivity contribution in [3.63, 3.8) is 0 Å². The van der Waals surface area contributed by atoms with Crippen LogP contribution in [-0.2, 0) is 11.3 Å². The Labute approximate surface area is 106 Å². The lowest BCUT2D eigenvalue weighted by Crippen LogP contribution is -2.34. The van der Waals surface area contributed by atoms with E-state index in [9.17, 15) is 4.79 Å². The van der Waals surface area contributed by atoms with Crippen molar-refractivity contribution in [1.29, 1.82) is 0 Å². The van der Waals surface area contributed by atoms with E-state index in [-0.39, 0.29) is 5.91 Å². The number of nitrogens with two attached hydrogens (primary N) is 1. The number of carbonyl (C=O) groups is 1. The Morgan fingerprint density at radius 2 is 2.00 bits per heavy atom. The van der Waals surface area contributed by atoms with Gasteiger partial charge in [0.1, 0.15) is 11.8 Å². The van der Waals surface area contributed by atoms with E-state index in [0.717, 1.165) is 11.3 Å². The second-order valence-electron chi connectivity index (χ2n) is 4.21. The molecule has 0 bridgehead atoms. The number of primary amides is 1. The molecule has 0 radical (unpaired) electrons. The lowest BCUT2D eigenvalue weighted by Gasteiger charge is -2.24. The van der Waals surface area contributed by atoms with E-state index in [4.69, 9.17) is 10.2 Å². The zero-order chi connectivity index (χ0) is 13.0. The van der Waals surface area contributed by atoms with Gasteiger partial charge < -0.3 is 10.2 Å². The molecule has 4 heteroatoms. The minimum atomic E-state index is -0.448. The molecule has 4 nitrogen and oxygen atoms in total. The molecule has 0 aliphatic carbocycles. The summed E-state index contributed by atoms with van der Waals surface area (Å²) in [5.74, 6) is 0.440. The molecule has 0 aliphatic rings. The lowest BCUT2D eigenvalue weighted by molar-refractivity contribution is -0.123. The normalized spacial score (nSPS) is 12.6. The molecule has 0 saturated carbocycles. The molecule has 18 heavy (non-hydrogen) atoms. The van der Waals surface area contributed by atoms with Crippen LogP contribution in [0.2, 0.25) is 0 Å². The number of benzene rings is 1. The quantitative estimate of drug-likeness (QED) is 0.874. The average molecular weight is 244 g/mol. The molecule has 1 aromatic heterocycles. The lowest BCUT2D eigenvalue weighted by atomic mass is 10.1. The third-order valence-electron chi connectivity index (χ3n) is 2.81. The molecule has 0 spiro atoms. The van der Waals surface area contributed by atoms with Crippen molar-refractivity contribution in [1.82, 2.24) is 4.90 Å². The fourth-order valence-electron chi connectivity index (χ4n) is 2.01. The Balaban J connectivity index is 2.18. The molecule has 0 saturated heterocycles. The van der Waals surface area contributed by atoms with E-state index >= 15 is 0 Å². The standard InChI is InChI=1S/C14H16N2O2/c1-16(10-12-8-5-9-18-12)13(14(15)17)11-6-3-2-4-7-11/h2-9,13H,10H2,1H3,(H2,15,17)/t13-/m1/s1. The molecule has 0 aliphatic heterocycles. The van der Waals surface area contributed by atoms with E-state index in [2.05, 4.69) is 0 Å². The Bertz CT molecular complexity index is 494. The van der Waals surface area contributed by atoms with Gasteiger partial charge in [-0.2, -0.15) is 0 Å². The van der Waals surface area contributed by atoms with Crippen molar-refractivity contribution in [2.45, 2.75) is 12.6 Å². The molecule has 1 amide bonds. The van der Waals surface area contributed by atoms with E-state index in [1.165, 1.54) is 0 Å². The van der Waals surface area contributed by atoms with E-state index in [1.807, 2.05) is 54.4 Å². The molecular formula is C14H16N2O2. The van der Waals surface area contributed by atoms with Crippen molar-refractivity contribution >= 4 is 5.91 Å². The number of nitrogens with zero attached hydrogens (tertiary/aromatic N) is 1. The summed E-state index contributed by atoms with van der Waals surface area (Å²) in [4.78, 5) is 13.5. The summed E-state index contributed by atoms with van der Waals surface area (Å²) in [7, 11) is 1.85. The summed E-state index contributed by atoms with van der Waals surface area (Å²) in [6.45, 7) is 0.537. The summed E-state index contributed by atoms with van der Waals surface area (Å²) in [6.07, 6.45) is 1.62. The highest BCUT2D eigenvalue weighted by Crippen LogP contribution is 2.20. The van der Waals surface area contributed by atoms with Gasteiger partial charge in [0.2, 0.25) is 5.91 Å². The van der Waals surface area contributed by atoms with Gasteiger partial charge >= 0.3 is 0 Å². The van der Waals surface area contributed by atoms with Crippen molar-refractivity contribution < 1.29 is 9.21 Å². The molecule has 2 rings (SSSR count). The molecule has 2 N–H and O–H groups in total. The first-order chi connectivity index (χ1) is 8.68. The van der Waals surface area contributed by atoms with Gasteiger partial charge in [-0.25, -0.2) is 0 Å². The van der Waals surface area contributed by atoms with E-state index < -0.39 is 6.04 Å². The maximum atomic E-state index is 11.6. The molecule has 1 aromatic carbocycles. The zero-order valence-corrected chi connectivity index (χ0v) is 10.2. The summed E-state index contributed by atoms with van der Waals surface area (Å²) in [5, 5.41) is 0. The molecule has 0 fully saturated rings. The van der Waals surface area contributed by atoms with Crippen LogP contribution in [0.15, 0.2) is 53.1 Å². The van der Waals surface area contributed by atoms with Gasteiger partial charge in [-0.1, -0.05) is 30.3 Å². The number of likely N-dealkylation sites (N-methyl/N-ethyl adjacent to an activating group) is 1. The highest BCUT2D eigenvalue weighted by atomic mass is 16.3. The van der Waals surface area contributed by atoms with Crippen LogP contribution in [0, 0.1) is 0 Å². The first kappa shape index (κ1) is 12.4. The Kier molecular flexibility index (Phi) is 3.79. The molecule has 2 aromatic rings. The number of hydrogen-bond donors (Lipinski definition) is 1. The predicted octanol–water partition coefficient (Wildman–Crippen LogP) is 1.94. The Hall–Kier alpha value is -2.07. The largest absolute Gasteiger partial charge is 0.468 e. The van der Waals surface area contributed by atoms with E-state index in [0.29, 0.717) is 6.54 Å². The van der Waals surface area contributed by atoms with Crippen LogP contribution in [0.1, 0.15) is 17.4 Å². The van der Waals surface area contributed by atoms with Crippen LogP contribution in [0.3, 0.4) is 0 Å². The summed E-state index contributed by atoms with van der Waals surface area (Å²) >= 11 is 0. The third-order valence-corrected chi connectivity index (χ3v) is 2.81. The first-order valence-electron chi connectivity index (χ1n) is 5.75. The van der Waals surface area contributed by atoms with Crippen LogP contribution in [0.4, 0.5) is 0 Å². The number of carbonyl (C=O) groups excluding carboxylic acids is 1. The van der Waals surface area contributed by atoms with Crippen LogP contribution in [0.25, 0.3) is 0 Å². The fourth-order valence-corrected chi connectivity index (χ4v) is 2.01. The molecule has 1 atom stereocenters. The van der Waals surface area contributed by atoms with Gasteiger partial charge in [0, 0.05) is 0 Å². The smallest absolute Gasteiger partial charge is 0.239 e. The number of rotatable bonds is 5. The van der Waals surface area contributed by atoms with Crippen LogP contribution in [0.5, 0.6) is 0 Å². The van der Waals surface area contributed by atoms with Gasteiger partial charge in [-0.05, 0) is 24.7 Å². The van der Waals surface area contributed by atoms with Crippen molar-refractivity contribution in [2.24, 2.45) is 5.73 Å². The summed E-state index contributed by atoms with van der Waals surface area (Å²) in [5.41, 5.74) is 6.38. The monoisotopic (exact) mass is 244 g/mol. The number of furan rings is 1.